The lowest BCUT2D eigenvalue weighted by Crippen LogP contribution is -2.24. The SMILES string of the molecule is CC1(C)O[C@H]2OC(/C=C/O)C[C@H]2O1. The predicted molar refractivity (Wildman–Crippen MR) is 45.1 cm³/mol. The molecule has 0 spiro atoms. The first-order chi connectivity index (χ1) is 6.11. The number of ether oxygens (including phenoxy) is 3. The molecule has 74 valence electrons. The van der Waals surface area contributed by atoms with Crippen LogP contribution in [0.25, 0.3) is 0 Å². The largest absolute Gasteiger partial charge is 0.516 e. The quantitative estimate of drug-likeness (QED) is 0.627. The molecule has 1 N–H and O–H groups in total. The lowest BCUT2D eigenvalue weighted by molar-refractivity contribution is -0.200. The Bertz CT molecular complexity index is 208. The Labute approximate surface area is 77.1 Å². The van der Waals surface area contributed by atoms with Gasteiger partial charge in [-0.1, -0.05) is 0 Å². The number of fused-ring (bicyclic) bond motifs is 1. The van der Waals surface area contributed by atoms with E-state index < -0.39 is 5.79 Å². The van der Waals surface area contributed by atoms with Crippen LogP contribution in [-0.4, -0.2) is 29.4 Å². The molecule has 0 amide bonds. The zero-order chi connectivity index (χ0) is 9.47. The Morgan fingerprint density at radius 1 is 1.38 bits per heavy atom. The maximum absolute atomic E-state index is 8.55. The zero-order valence-corrected chi connectivity index (χ0v) is 7.77. The molecule has 2 fully saturated rings. The Morgan fingerprint density at radius 3 is 2.77 bits per heavy atom. The molecular weight excluding hydrogens is 172 g/mol. The molecule has 0 aromatic heterocycles. The predicted octanol–water partition coefficient (Wildman–Crippen LogP) is 1.32. The van der Waals surface area contributed by atoms with Gasteiger partial charge in [-0.05, 0) is 19.9 Å². The maximum atomic E-state index is 8.55. The number of aliphatic hydroxyl groups is 1. The highest BCUT2D eigenvalue weighted by molar-refractivity contribution is 4.94. The van der Waals surface area contributed by atoms with E-state index in [0.29, 0.717) is 0 Å². The van der Waals surface area contributed by atoms with Gasteiger partial charge in [0.05, 0.1) is 12.4 Å². The van der Waals surface area contributed by atoms with Gasteiger partial charge in [0.1, 0.15) is 6.10 Å². The summed E-state index contributed by atoms with van der Waals surface area (Å²) in [4.78, 5) is 0. The van der Waals surface area contributed by atoms with Crippen molar-refractivity contribution in [2.45, 2.75) is 44.6 Å². The van der Waals surface area contributed by atoms with Crippen LogP contribution < -0.4 is 0 Å². The van der Waals surface area contributed by atoms with Gasteiger partial charge in [-0.2, -0.15) is 0 Å². The normalized spacial score (nSPS) is 42.8. The van der Waals surface area contributed by atoms with E-state index in [2.05, 4.69) is 0 Å². The highest BCUT2D eigenvalue weighted by Crippen LogP contribution is 2.37. The van der Waals surface area contributed by atoms with Crippen molar-refractivity contribution < 1.29 is 19.3 Å². The van der Waals surface area contributed by atoms with Crippen LogP contribution in [0.15, 0.2) is 12.3 Å². The third-order valence-electron chi connectivity index (χ3n) is 2.21. The number of hydrogen-bond acceptors (Lipinski definition) is 4. The minimum absolute atomic E-state index is 0.00352. The summed E-state index contributed by atoms with van der Waals surface area (Å²) < 4.78 is 16.5. The smallest absolute Gasteiger partial charge is 0.187 e. The molecule has 2 saturated heterocycles. The second kappa shape index (κ2) is 2.97. The fourth-order valence-electron chi connectivity index (χ4n) is 1.75. The van der Waals surface area contributed by atoms with Gasteiger partial charge in [-0.3, -0.25) is 0 Å². The second-order valence-electron chi connectivity index (χ2n) is 3.79. The summed E-state index contributed by atoms with van der Waals surface area (Å²) in [6.45, 7) is 3.73. The fraction of sp³-hybridized carbons (Fsp3) is 0.778. The maximum Gasteiger partial charge on any atom is 0.187 e. The van der Waals surface area contributed by atoms with Crippen LogP contribution in [-0.2, 0) is 14.2 Å². The molecule has 0 aromatic carbocycles. The fourth-order valence-corrected chi connectivity index (χ4v) is 1.75. The average molecular weight is 186 g/mol. The molecule has 0 saturated carbocycles. The summed E-state index contributed by atoms with van der Waals surface area (Å²) in [5.74, 6) is -0.538. The van der Waals surface area contributed by atoms with Crippen LogP contribution in [0.5, 0.6) is 0 Å². The van der Waals surface area contributed by atoms with Gasteiger partial charge in [-0.25, -0.2) is 0 Å². The van der Waals surface area contributed by atoms with Gasteiger partial charge in [0.25, 0.3) is 0 Å². The van der Waals surface area contributed by atoms with Gasteiger partial charge in [0.2, 0.25) is 0 Å². The number of rotatable bonds is 1. The van der Waals surface area contributed by atoms with Crippen molar-refractivity contribution in [1.29, 1.82) is 0 Å². The number of aliphatic hydroxyl groups excluding tert-OH is 1. The van der Waals surface area contributed by atoms with Crippen molar-refractivity contribution in [3.8, 4) is 0 Å². The highest BCUT2D eigenvalue weighted by atomic mass is 16.8. The van der Waals surface area contributed by atoms with E-state index in [4.69, 9.17) is 19.3 Å². The molecule has 2 rings (SSSR count). The zero-order valence-electron chi connectivity index (χ0n) is 7.77. The van der Waals surface area contributed by atoms with Crippen molar-refractivity contribution in [1.82, 2.24) is 0 Å². The van der Waals surface area contributed by atoms with Crippen molar-refractivity contribution >= 4 is 0 Å². The van der Waals surface area contributed by atoms with E-state index >= 15 is 0 Å². The average Bonchev–Trinajstić information content (AvgIpc) is 2.41. The van der Waals surface area contributed by atoms with Crippen LogP contribution in [0.4, 0.5) is 0 Å². The monoisotopic (exact) mass is 186 g/mol. The Balaban J connectivity index is 1.97. The lowest BCUT2D eigenvalue weighted by Gasteiger charge is -2.19. The molecule has 13 heavy (non-hydrogen) atoms. The molecule has 4 nitrogen and oxygen atoms in total. The third kappa shape index (κ3) is 1.70. The summed E-state index contributed by atoms with van der Waals surface area (Å²) in [5, 5.41) is 8.55. The first-order valence-corrected chi connectivity index (χ1v) is 4.43. The summed E-state index contributed by atoms with van der Waals surface area (Å²) in [6, 6.07) is 0. The minimum atomic E-state index is -0.538. The summed E-state index contributed by atoms with van der Waals surface area (Å²) in [6.07, 6.45) is 2.96. The summed E-state index contributed by atoms with van der Waals surface area (Å²) >= 11 is 0. The molecule has 0 radical (unpaired) electrons. The van der Waals surface area contributed by atoms with Crippen molar-refractivity contribution in [3.63, 3.8) is 0 Å². The van der Waals surface area contributed by atoms with Crippen LogP contribution in [0.1, 0.15) is 20.3 Å². The Kier molecular flexibility index (Phi) is 2.06. The second-order valence-corrected chi connectivity index (χ2v) is 3.79. The molecule has 2 aliphatic heterocycles. The van der Waals surface area contributed by atoms with E-state index in [1.165, 1.54) is 0 Å². The molecule has 0 bridgehead atoms. The van der Waals surface area contributed by atoms with E-state index in [9.17, 15) is 0 Å². The lowest BCUT2D eigenvalue weighted by atomic mass is 10.2. The first kappa shape index (κ1) is 8.99. The van der Waals surface area contributed by atoms with Crippen LogP contribution >= 0.6 is 0 Å². The van der Waals surface area contributed by atoms with Crippen molar-refractivity contribution in [3.05, 3.63) is 12.3 Å². The molecule has 4 heteroatoms. The van der Waals surface area contributed by atoms with Gasteiger partial charge in [0, 0.05) is 6.42 Å². The van der Waals surface area contributed by atoms with Crippen LogP contribution in [0.3, 0.4) is 0 Å². The molecule has 2 heterocycles. The molecular formula is C9H14O4. The Morgan fingerprint density at radius 2 is 2.15 bits per heavy atom. The van der Waals surface area contributed by atoms with E-state index in [1.807, 2.05) is 13.8 Å². The van der Waals surface area contributed by atoms with Gasteiger partial charge < -0.3 is 19.3 Å². The molecule has 0 aliphatic carbocycles. The number of hydrogen-bond donors (Lipinski definition) is 1. The van der Waals surface area contributed by atoms with E-state index in [-0.39, 0.29) is 18.5 Å². The molecule has 3 atom stereocenters. The van der Waals surface area contributed by atoms with Gasteiger partial charge >= 0.3 is 0 Å². The van der Waals surface area contributed by atoms with Crippen molar-refractivity contribution in [2.24, 2.45) is 0 Å². The Hall–Kier alpha value is -0.580. The topological polar surface area (TPSA) is 47.9 Å². The summed E-state index contributed by atoms with van der Waals surface area (Å²) in [7, 11) is 0. The molecule has 1 unspecified atom stereocenters. The molecule has 2 aliphatic rings. The van der Waals surface area contributed by atoms with Gasteiger partial charge in [-0.15, -0.1) is 0 Å². The third-order valence-corrected chi connectivity index (χ3v) is 2.21. The van der Waals surface area contributed by atoms with Crippen molar-refractivity contribution in [2.75, 3.05) is 0 Å². The van der Waals surface area contributed by atoms with E-state index in [1.54, 1.807) is 6.08 Å². The molecule has 0 aromatic rings. The van der Waals surface area contributed by atoms with Gasteiger partial charge in [0.15, 0.2) is 12.1 Å². The van der Waals surface area contributed by atoms with Crippen LogP contribution in [0.2, 0.25) is 0 Å². The standard InChI is InChI=1S/C9H14O4/c1-9(2)12-7-5-6(3-4-10)11-8(7)13-9/h3-4,6-8,10H,5H2,1-2H3/b4-3+/t6?,7-,8-/m1/s1. The first-order valence-electron chi connectivity index (χ1n) is 4.43. The van der Waals surface area contributed by atoms with Crippen LogP contribution in [0, 0.1) is 0 Å². The summed E-state index contributed by atoms with van der Waals surface area (Å²) in [5.41, 5.74) is 0. The highest BCUT2D eigenvalue weighted by Gasteiger charge is 2.47. The van der Waals surface area contributed by atoms with E-state index in [0.717, 1.165) is 12.7 Å². The minimum Gasteiger partial charge on any atom is -0.516 e.